The van der Waals surface area contributed by atoms with Gasteiger partial charge in [-0.15, -0.1) is 0 Å². The summed E-state index contributed by atoms with van der Waals surface area (Å²) in [5, 5.41) is 0.625. The summed E-state index contributed by atoms with van der Waals surface area (Å²) in [5.74, 6) is 0. The van der Waals surface area contributed by atoms with Crippen LogP contribution in [0.5, 0.6) is 0 Å². The van der Waals surface area contributed by atoms with Gasteiger partial charge < -0.3 is 0 Å². The highest BCUT2D eigenvalue weighted by molar-refractivity contribution is 6.50. The van der Waals surface area contributed by atoms with Crippen LogP contribution in [0.4, 0.5) is 0 Å². The molecule has 0 radical (unpaired) electrons. The largest absolute Gasteiger partial charge is 0.168 e. The molecule has 0 bridgehead atoms. The van der Waals surface area contributed by atoms with Crippen molar-refractivity contribution in [1.29, 1.82) is 0 Å². The van der Waals surface area contributed by atoms with E-state index >= 15 is 0 Å². The van der Waals surface area contributed by atoms with Gasteiger partial charge in [-0.3, -0.25) is 0 Å². The number of hydrogen-bond acceptors (Lipinski definition) is 0. The molecule has 0 saturated heterocycles. The van der Waals surface area contributed by atoms with E-state index in [9.17, 15) is 0 Å². The molecule has 0 aliphatic heterocycles. The lowest BCUT2D eigenvalue weighted by Gasteiger charge is -2.21. The summed E-state index contributed by atoms with van der Waals surface area (Å²) in [6.07, 6.45) is 0. The molecule has 2 aromatic rings. The Morgan fingerprint density at radius 3 is 2.12 bits per heavy atom. The highest BCUT2D eigenvalue weighted by Gasteiger charge is 2.28. The maximum absolute atomic E-state index is 6.42. The van der Waals surface area contributed by atoms with Gasteiger partial charge in [0, 0.05) is 5.02 Å². The van der Waals surface area contributed by atoms with Crippen LogP contribution in [0.2, 0.25) is 5.02 Å². The summed E-state index contributed by atoms with van der Waals surface area (Å²) in [4.78, 5) is 0. The molecule has 0 saturated carbocycles. The van der Waals surface area contributed by atoms with Crippen LogP contribution in [-0.4, -0.2) is 0 Å². The van der Waals surface area contributed by atoms with Crippen molar-refractivity contribution < 1.29 is 0 Å². The molecule has 88 valence electrons. The lowest BCUT2D eigenvalue weighted by Crippen LogP contribution is -2.12. The summed E-state index contributed by atoms with van der Waals surface area (Å²) in [5.41, 5.74) is 2.79. The topological polar surface area (TPSA) is 0 Å². The molecule has 0 aliphatic carbocycles. The molecule has 17 heavy (non-hydrogen) atoms. The van der Waals surface area contributed by atoms with E-state index in [-0.39, 0.29) is 0 Å². The van der Waals surface area contributed by atoms with Crippen LogP contribution in [0, 0.1) is 6.92 Å². The minimum absolute atomic E-state index is 0.625. The van der Waals surface area contributed by atoms with Crippen LogP contribution in [-0.2, 0) is 4.33 Å². The number of rotatable bonds is 2. The van der Waals surface area contributed by atoms with Crippen molar-refractivity contribution >= 4 is 34.8 Å². The number of aryl methyl sites for hydroxylation is 1. The summed E-state index contributed by atoms with van der Waals surface area (Å²) < 4.78 is -1.07. The summed E-state index contributed by atoms with van der Waals surface area (Å²) in [6.45, 7) is 2.02. The molecular weight excluding hydrogens is 275 g/mol. The van der Waals surface area contributed by atoms with Gasteiger partial charge in [0.1, 0.15) is 0 Å². The minimum Gasteiger partial charge on any atom is -0.0909 e. The molecule has 0 heterocycles. The van der Waals surface area contributed by atoms with Crippen molar-refractivity contribution in [3.8, 4) is 0 Å². The molecule has 0 N–H and O–H groups in total. The number of benzene rings is 2. The second-order valence-corrected chi connectivity index (χ2v) is 5.71. The van der Waals surface area contributed by atoms with Gasteiger partial charge in [-0.1, -0.05) is 76.8 Å². The molecular formula is C14H11Cl3. The first-order valence-corrected chi connectivity index (χ1v) is 6.34. The van der Waals surface area contributed by atoms with Gasteiger partial charge in [0.15, 0.2) is 4.33 Å². The Bertz CT molecular complexity index is 515. The molecule has 0 unspecified atom stereocenters. The fourth-order valence-corrected chi connectivity index (χ4v) is 2.29. The Hall–Kier alpha value is -0.690. The van der Waals surface area contributed by atoms with Crippen molar-refractivity contribution in [2.45, 2.75) is 11.3 Å². The maximum Gasteiger partial charge on any atom is 0.168 e. The van der Waals surface area contributed by atoms with E-state index in [0.717, 1.165) is 11.1 Å². The Kier molecular flexibility index (Phi) is 3.67. The average molecular weight is 286 g/mol. The highest BCUT2D eigenvalue weighted by Crippen LogP contribution is 2.41. The van der Waals surface area contributed by atoms with E-state index in [1.807, 2.05) is 43.3 Å². The monoisotopic (exact) mass is 284 g/mol. The minimum atomic E-state index is -1.07. The van der Waals surface area contributed by atoms with Gasteiger partial charge in [-0.2, -0.15) is 0 Å². The van der Waals surface area contributed by atoms with Crippen LogP contribution < -0.4 is 0 Å². The first kappa shape index (κ1) is 12.8. The zero-order chi connectivity index (χ0) is 12.5. The van der Waals surface area contributed by atoms with Gasteiger partial charge in [-0.25, -0.2) is 0 Å². The fourth-order valence-electron chi connectivity index (χ4n) is 1.61. The lowest BCUT2D eigenvalue weighted by molar-refractivity contribution is 1.04. The molecule has 0 amide bonds. The first-order chi connectivity index (χ1) is 8.00. The Balaban J connectivity index is 2.45. The quantitative estimate of drug-likeness (QED) is 0.654. The standard InChI is InChI=1S/C14H11Cl3/c1-10-5-7-11(8-6-10)14(16,17)12-3-2-4-13(15)9-12/h2-9H,1H3. The molecule has 2 rings (SSSR count). The first-order valence-electron chi connectivity index (χ1n) is 5.21. The van der Waals surface area contributed by atoms with Gasteiger partial charge in [0.25, 0.3) is 0 Å². The number of alkyl halides is 2. The van der Waals surface area contributed by atoms with E-state index < -0.39 is 4.33 Å². The van der Waals surface area contributed by atoms with Gasteiger partial charge >= 0.3 is 0 Å². The van der Waals surface area contributed by atoms with E-state index in [4.69, 9.17) is 34.8 Å². The zero-order valence-electron chi connectivity index (χ0n) is 9.25. The third-order valence-corrected chi connectivity index (χ3v) is 3.71. The number of hydrogen-bond donors (Lipinski definition) is 0. The van der Waals surface area contributed by atoms with Crippen molar-refractivity contribution in [3.63, 3.8) is 0 Å². The normalized spacial score (nSPS) is 11.5. The molecule has 0 aromatic heterocycles. The molecule has 2 aromatic carbocycles. The molecule has 0 nitrogen and oxygen atoms in total. The average Bonchev–Trinajstić information content (AvgIpc) is 2.29. The predicted octanol–water partition coefficient (Wildman–Crippen LogP) is 5.33. The van der Waals surface area contributed by atoms with Gasteiger partial charge in [0.2, 0.25) is 0 Å². The maximum atomic E-state index is 6.42. The van der Waals surface area contributed by atoms with Crippen molar-refractivity contribution in [2.24, 2.45) is 0 Å². The smallest absolute Gasteiger partial charge is 0.0909 e. The lowest BCUT2D eigenvalue weighted by atomic mass is 10.0. The molecule has 0 spiro atoms. The summed E-state index contributed by atoms with van der Waals surface area (Å²) in [7, 11) is 0. The SMILES string of the molecule is Cc1ccc(C(Cl)(Cl)c2cccc(Cl)c2)cc1. The van der Waals surface area contributed by atoms with Crippen LogP contribution in [0.25, 0.3) is 0 Å². The fraction of sp³-hybridized carbons (Fsp3) is 0.143. The molecule has 3 heteroatoms. The molecule has 0 aliphatic rings. The third kappa shape index (κ3) is 2.77. The second kappa shape index (κ2) is 4.89. The van der Waals surface area contributed by atoms with E-state index in [1.54, 1.807) is 12.1 Å². The van der Waals surface area contributed by atoms with E-state index in [0.29, 0.717) is 5.02 Å². The molecule has 0 atom stereocenters. The predicted molar refractivity (Wildman–Crippen MR) is 75.1 cm³/mol. The third-order valence-electron chi connectivity index (χ3n) is 2.60. The Labute approximate surface area is 116 Å². The van der Waals surface area contributed by atoms with E-state index in [1.165, 1.54) is 5.56 Å². The van der Waals surface area contributed by atoms with Crippen LogP contribution in [0.15, 0.2) is 48.5 Å². The Morgan fingerprint density at radius 2 is 1.53 bits per heavy atom. The van der Waals surface area contributed by atoms with Crippen LogP contribution in [0.3, 0.4) is 0 Å². The van der Waals surface area contributed by atoms with Crippen molar-refractivity contribution in [1.82, 2.24) is 0 Å². The van der Waals surface area contributed by atoms with Gasteiger partial charge in [-0.05, 0) is 30.2 Å². The molecule has 0 fully saturated rings. The highest BCUT2D eigenvalue weighted by atomic mass is 35.5. The van der Waals surface area contributed by atoms with Crippen LogP contribution in [0.1, 0.15) is 16.7 Å². The van der Waals surface area contributed by atoms with Gasteiger partial charge in [0.05, 0.1) is 0 Å². The second-order valence-electron chi connectivity index (χ2n) is 3.95. The van der Waals surface area contributed by atoms with Crippen molar-refractivity contribution in [2.75, 3.05) is 0 Å². The Morgan fingerprint density at radius 1 is 0.882 bits per heavy atom. The van der Waals surface area contributed by atoms with Crippen LogP contribution >= 0.6 is 34.8 Å². The summed E-state index contributed by atoms with van der Waals surface area (Å²) >= 11 is 18.8. The van der Waals surface area contributed by atoms with E-state index in [2.05, 4.69) is 0 Å². The van der Waals surface area contributed by atoms with Crippen molar-refractivity contribution in [3.05, 3.63) is 70.2 Å². The summed E-state index contributed by atoms with van der Waals surface area (Å²) in [6, 6.07) is 15.1. The zero-order valence-corrected chi connectivity index (χ0v) is 11.5. The number of halogens is 3.